The molecule has 1 aliphatic carbocycles. The number of fused-ring (bicyclic) bond motifs is 3. The molecular formula is C25H21NO2. The number of benzene rings is 3. The molecule has 28 heavy (non-hydrogen) atoms. The second-order valence-corrected chi connectivity index (χ2v) is 7.57. The molecule has 1 aliphatic heterocycles. The van der Waals surface area contributed by atoms with Gasteiger partial charge in [0.15, 0.2) is 0 Å². The predicted molar refractivity (Wildman–Crippen MR) is 112 cm³/mol. The van der Waals surface area contributed by atoms with Gasteiger partial charge in [0.1, 0.15) is 0 Å². The molecule has 0 saturated carbocycles. The monoisotopic (exact) mass is 367 g/mol. The van der Waals surface area contributed by atoms with E-state index < -0.39 is 5.97 Å². The molecule has 3 nitrogen and oxygen atoms in total. The number of hydrogen-bond donors (Lipinski definition) is 2. The summed E-state index contributed by atoms with van der Waals surface area (Å²) in [6.45, 7) is 0. The van der Waals surface area contributed by atoms with E-state index in [1.807, 2.05) is 18.2 Å². The molecule has 1 heterocycles. The van der Waals surface area contributed by atoms with Gasteiger partial charge in [-0.25, -0.2) is 4.79 Å². The van der Waals surface area contributed by atoms with Gasteiger partial charge in [-0.15, -0.1) is 0 Å². The highest BCUT2D eigenvalue weighted by Crippen LogP contribution is 2.50. The zero-order valence-electron chi connectivity index (χ0n) is 15.4. The first-order valence-electron chi connectivity index (χ1n) is 9.66. The number of nitrogens with one attached hydrogen (secondary N) is 1. The molecule has 0 spiro atoms. The van der Waals surface area contributed by atoms with Crippen LogP contribution in [0.15, 0.2) is 84.9 Å². The van der Waals surface area contributed by atoms with Gasteiger partial charge in [-0.2, -0.15) is 0 Å². The maximum atomic E-state index is 11.2. The van der Waals surface area contributed by atoms with Gasteiger partial charge >= 0.3 is 5.97 Å². The first kappa shape index (κ1) is 16.8. The van der Waals surface area contributed by atoms with Crippen LogP contribution >= 0.6 is 0 Å². The lowest BCUT2D eigenvalue weighted by molar-refractivity contribution is 0.0697. The van der Waals surface area contributed by atoms with Crippen molar-refractivity contribution in [1.29, 1.82) is 0 Å². The average Bonchev–Trinajstić information content (AvgIpc) is 3.24. The summed E-state index contributed by atoms with van der Waals surface area (Å²) in [5, 5.41) is 12.9. The van der Waals surface area contributed by atoms with E-state index in [4.69, 9.17) is 5.11 Å². The third-order valence-corrected chi connectivity index (χ3v) is 5.99. The molecule has 0 amide bonds. The van der Waals surface area contributed by atoms with E-state index in [1.54, 1.807) is 12.1 Å². The maximum Gasteiger partial charge on any atom is 0.335 e. The van der Waals surface area contributed by atoms with E-state index in [0.29, 0.717) is 17.4 Å². The molecular weight excluding hydrogens is 346 g/mol. The summed E-state index contributed by atoms with van der Waals surface area (Å²) < 4.78 is 0. The summed E-state index contributed by atoms with van der Waals surface area (Å²) in [5.74, 6) is -0.0689. The second-order valence-electron chi connectivity index (χ2n) is 7.57. The first-order chi connectivity index (χ1) is 13.7. The average molecular weight is 367 g/mol. The van der Waals surface area contributed by atoms with Gasteiger partial charge < -0.3 is 10.4 Å². The highest BCUT2D eigenvalue weighted by molar-refractivity contribution is 5.87. The Morgan fingerprint density at radius 2 is 1.71 bits per heavy atom. The standard InChI is InChI=1S/C25H21NO2/c27-25(28)18-11-9-17(10-12-18)24-21-8-4-7-20(21)22-15-19(13-14-23(22)26-24)16-5-2-1-3-6-16/h1-7,9-15,20-21,24,26H,8H2,(H,27,28)/t20-,21+,24-/m0/s1. The number of allylic oxidation sites excluding steroid dienone is 2. The quantitative estimate of drug-likeness (QED) is 0.569. The summed E-state index contributed by atoms with van der Waals surface area (Å²) in [4.78, 5) is 11.2. The van der Waals surface area contributed by atoms with E-state index in [-0.39, 0.29) is 6.04 Å². The molecule has 0 unspecified atom stereocenters. The van der Waals surface area contributed by atoms with Crippen LogP contribution in [0.5, 0.6) is 0 Å². The molecule has 3 atom stereocenters. The molecule has 3 aromatic rings. The minimum Gasteiger partial charge on any atom is -0.478 e. The molecule has 2 N–H and O–H groups in total. The number of rotatable bonds is 3. The van der Waals surface area contributed by atoms with Crippen LogP contribution < -0.4 is 5.32 Å². The Labute approximate surface area is 164 Å². The number of carbonyl (C=O) groups is 1. The summed E-state index contributed by atoms with van der Waals surface area (Å²) in [7, 11) is 0. The normalized spacial score (nSPS) is 22.2. The number of carboxylic acid groups (broad SMARTS) is 1. The van der Waals surface area contributed by atoms with Crippen LogP contribution in [0.4, 0.5) is 5.69 Å². The third-order valence-electron chi connectivity index (χ3n) is 5.99. The summed E-state index contributed by atoms with van der Waals surface area (Å²) >= 11 is 0. The molecule has 2 aliphatic rings. The third kappa shape index (κ3) is 2.80. The molecule has 0 radical (unpaired) electrons. The van der Waals surface area contributed by atoms with Crippen molar-refractivity contribution in [2.24, 2.45) is 5.92 Å². The van der Waals surface area contributed by atoms with Crippen LogP contribution in [-0.2, 0) is 0 Å². The number of carboxylic acids is 1. The predicted octanol–water partition coefficient (Wildman–Crippen LogP) is 5.88. The van der Waals surface area contributed by atoms with Gasteiger partial charge in [-0.3, -0.25) is 0 Å². The Morgan fingerprint density at radius 1 is 0.929 bits per heavy atom. The van der Waals surface area contributed by atoms with Gasteiger partial charge in [0.25, 0.3) is 0 Å². The number of anilines is 1. The van der Waals surface area contributed by atoms with Gasteiger partial charge in [0.2, 0.25) is 0 Å². The summed E-state index contributed by atoms with van der Waals surface area (Å²) in [6.07, 6.45) is 5.63. The minimum absolute atomic E-state index is 0.179. The maximum absolute atomic E-state index is 11.2. The fourth-order valence-electron chi connectivity index (χ4n) is 4.57. The second kappa shape index (κ2) is 6.68. The summed E-state index contributed by atoms with van der Waals surface area (Å²) in [5.41, 5.74) is 6.45. The molecule has 0 bridgehead atoms. The van der Waals surface area contributed by atoms with E-state index >= 15 is 0 Å². The fourth-order valence-corrected chi connectivity index (χ4v) is 4.57. The number of aromatic carboxylic acids is 1. The molecule has 138 valence electrons. The topological polar surface area (TPSA) is 49.3 Å². The molecule has 0 fully saturated rings. The van der Waals surface area contributed by atoms with Crippen molar-refractivity contribution in [2.75, 3.05) is 5.32 Å². The number of hydrogen-bond acceptors (Lipinski definition) is 2. The van der Waals surface area contributed by atoms with Crippen molar-refractivity contribution < 1.29 is 9.90 Å². The van der Waals surface area contributed by atoms with Gasteiger partial charge in [-0.1, -0.05) is 60.7 Å². The Morgan fingerprint density at radius 3 is 2.46 bits per heavy atom. The van der Waals surface area contributed by atoms with Crippen molar-refractivity contribution in [2.45, 2.75) is 18.4 Å². The minimum atomic E-state index is -0.887. The van der Waals surface area contributed by atoms with Crippen LogP contribution in [-0.4, -0.2) is 11.1 Å². The zero-order chi connectivity index (χ0) is 19.1. The van der Waals surface area contributed by atoms with E-state index in [1.165, 1.54) is 22.4 Å². The first-order valence-corrected chi connectivity index (χ1v) is 9.66. The zero-order valence-corrected chi connectivity index (χ0v) is 15.4. The smallest absolute Gasteiger partial charge is 0.335 e. The van der Waals surface area contributed by atoms with Gasteiger partial charge in [0, 0.05) is 11.6 Å². The Bertz CT molecular complexity index is 1050. The molecule has 3 heteroatoms. The van der Waals surface area contributed by atoms with Crippen molar-refractivity contribution in [3.63, 3.8) is 0 Å². The van der Waals surface area contributed by atoms with Crippen LogP contribution in [0.2, 0.25) is 0 Å². The van der Waals surface area contributed by atoms with Gasteiger partial charge in [0.05, 0.1) is 11.6 Å². The van der Waals surface area contributed by atoms with Crippen molar-refractivity contribution >= 4 is 11.7 Å². The van der Waals surface area contributed by atoms with Crippen molar-refractivity contribution in [3.8, 4) is 11.1 Å². The highest BCUT2D eigenvalue weighted by atomic mass is 16.4. The lowest BCUT2D eigenvalue weighted by Crippen LogP contribution is -2.29. The van der Waals surface area contributed by atoms with Gasteiger partial charge in [-0.05, 0) is 58.9 Å². The van der Waals surface area contributed by atoms with E-state index in [0.717, 1.165) is 12.0 Å². The van der Waals surface area contributed by atoms with Crippen molar-refractivity contribution in [1.82, 2.24) is 0 Å². The lowest BCUT2D eigenvalue weighted by atomic mass is 9.76. The fraction of sp³-hybridized carbons (Fsp3) is 0.160. The Balaban J connectivity index is 1.52. The highest BCUT2D eigenvalue weighted by Gasteiger charge is 2.37. The van der Waals surface area contributed by atoms with Crippen molar-refractivity contribution in [3.05, 3.63) is 102 Å². The van der Waals surface area contributed by atoms with Crippen LogP contribution in [0.25, 0.3) is 11.1 Å². The molecule has 0 aromatic heterocycles. The Kier molecular flexibility index (Phi) is 4.01. The van der Waals surface area contributed by atoms with Crippen LogP contribution in [0.1, 0.15) is 39.9 Å². The lowest BCUT2D eigenvalue weighted by Gasteiger charge is -2.38. The van der Waals surface area contributed by atoms with Crippen LogP contribution in [0.3, 0.4) is 0 Å². The van der Waals surface area contributed by atoms with E-state index in [9.17, 15) is 4.79 Å². The van der Waals surface area contributed by atoms with Crippen LogP contribution in [0, 0.1) is 5.92 Å². The van der Waals surface area contributed by atoms with E-state index in [2.05, 4.69) is 59.9 Å². The largest absolute Gasteiger partial charge is 0.478 e. The molecule has 3 aromatic carbocycles. The molecule has 5 rings (SSSR count). The SMILES string of the molecule is O=C(O)c1ccc([C@@H]2Nc3ccc(-c4ccccc4)cc3[C@H]3C=CC[C@H]32)cc1. The Hall–Kier alpha value is -3.33. The molecule has 0 saturated heterocycles. The summed E-state index contributed by atoms with van der Waals surface area (Å²) in [6, 6.07) is 24.6.